The van der Waals surface area contributed by atoms with Gasteiger partial charge in [-0.05, 0) is 35.9 Å². The quantitative estimate of drug-likeness (QED) is 0.875. The highest BCUT2D eigenvalue weighted by Gasteiger charge is 2.06. The lowest BCUT2D eigenvalue weighted by Crippen LogP contribution is -2.08. The van der Waals surface area contributed by atoms with E-state index < -0.39 is 6.43 Å². The van der Waals surface area contributed by atoms with E-state index in [4.69, 9.17) is 0 Å². The fourth-order valence-corrected chi connectivity index (χ4v) is 1.92. The molecule has 0 bridgehead atoms. The normalized spacial score (nSPS) is 10.7. The molecule has 1 N–H and O–H groups in total. The molecule has 20 heavy (non-hydrogen) atoms. The van der Waals surface area contributed by atoms with Crippen LogP contribution in [0.4, 0.5) is 20.2 Å². The molecular formula is C16H18F2N2. The Morgan fingerprint density at radius 1 is 1.05 bits per heavy atom. The van der Waals surface area contributed by atoms with Gasteiger partial charge in [-0.2, -0.15) is 0 Å². The Morgan fingerprint density at radius 2 is 1.75 bits per heavy atom. The Balaban J connectivity index is 1.99. The maximum absolute atomic E-state index is 12.6. The molecule has 106 valence electrons. The van der Waals surface area contributed by atoms with Crippen molar-refractivity contribution in [1.29, 1.82) is 0 Å². The summed E-state index contributed by atoms with van der Waals surface area (Å²) in [5.74, 6) is 0. The van der Waals surface area contributed by atoms with Crippen molar-refractivity contribution in [3.63, 3.8) is 0 Å². The van der Waals surface area contributed by atoms with Gasteiger partial charge in [0.2, 0.25) is 0 Å². The van der Waals surface area contributed by atoms with Crippen LogP contribution in [0.2, 0.25) is 0 Å². The molecule has 0 fully saturated rings. The SMILES string of the molecule is CN(C)c1ccc(NCc2cccc(C(F)F)c2)cc1. The van der Waals surface area contributed by atoms with E-state index in [0.29, 0.717) is 6.54 Å². The number of nitrogens with one attached hydrogen (secondary N) is 1. The van der Waals surface area contributed by atoms with Crippen molar-refractivity contribution in [2.45, 2.75) is 13.0 Å². The van der Waals surface area contributed by atoms with E-state index in [2.05, 4.69) is 5.32 Å². The minimum atomic E-state index is -2.42. The van der Waals surface area contributed by atoms with Gasteiger partial charge in [-0.3, -0.25) is 0 Å². The maximum Gasteiger partial charge on any atom is 0.263 e. The van der Waals surface area contributed by atoms with Crippen molar-refractivity contribution in [1.82, 2.24) is 0 Å². The lowest BCUT2D eigenvalue weighted by molar-refractivity contribution is 0.151. The molecule has 0 heterocycles. The molecule has 0 aliphatic rings. The molecule has 0 saturated heterocycles. The third kappa shape index (κ3) is 3.70. The molecule has 2 nitrogen and oxygen atoms in total. The monoisotopic (exact) mass is 276 g/mol. The number of anilines is 2. The van der Waals surface area contributed by atoms with Gasteiger partial charge in [0.05, 0.1) is 0 Å². The predicted octanol–water partition coefficient (Wildman–Crippen LogP) is 4.30. The molecule has 4 heteroatoms. The molecule has 0 spiro atoms. The summed E-state index contributed by atoms with van der Waals surface area (Å²) < 4.78 is 25.2. The molecule has 0 aliphatic carbocycles. The molecule has 0 atom stereocenters. The maximum atomic E-state index is 12.6. The largest absolute Gasteiger partial charge is 0.381 e. The predicted molar refractivity (Wildman–Crippen MR) is 79.5 cm³/mol. The Morgan fingerprint density at radius 3 is 2.35 bits per heavy atom. The highest BCUT2D eigenvalue weighted by molar-refractivity contribution is 5.54. The van der Waals surface area contributed by atoms with Gasteiger partial charge in [0.25, 0.3) is 6.43 Å². The van der Waals surface area contributed by atoms with Crippen LogP contribution in [-0.4, -0.2) is 14.1 Å². The zero-order valence-electron chi connectivity index (χ0n) is 11.6. The standard InChI is InChI=1S/C16H18F2N2/c1-20(2)15-8-6-14(7-9-15)19-11-12-4-3-5-13(10-12)16(17)18/h3-10,16,19H,11H2,1-2H3. The van der Waals surface area contributed by atoms with Gasteiger partial charge in [0.1, 0.15) is 0 Å². The average molecular weight is 276 g/mol. The molecule has 0 unspecified atom stereocenters. The van der Waals surface area contributed by atoms with Crippen molar-refractivity contribution in [3.8, 4) is 0 Å². The summed E-state index contributed by atoms with van der Waals surface area (Å²) in [5, 5.41) is 3.23. The van der Waals surface area contributed by atoms with E-state index in [1.54, 1.807) is 6.07 Å². The molecule has 2 aromatic carbocycles. The summed E-state index contributed by atoms with van der Waals surface area (Å²) in [4.78, 5) is 2.02. The van der Waals surface area contributed by atoms with E-state index in [9.17, 15) is 8.78 Å². The number of hydrogen-bond acceptors (Lipinski definition) is 2. The van der Waals surface area contributed by atoms with Gasteiger partial charge >= 0.3 is 0 Å². The van der Waals surface area contributed by atoms with Crippen LogP contribution in [-0.2, 0) is 6.54 Å². The van der Waals surface area contributed by atoms with E-state index >= 15 is 0 Å². The van der Waals surface area contributed by atoms with E-state index in [0.717, 1.165) is 16.9 Å². The van der Waals surface area contributed by atoms with Gasteiger partial charge in [-0.1, -0.05) is 18.2 Å². The lowest BCUT2D eigenvalue weighted by Gasteiger charge is -2.13. The number of nitrogens with zero attached hydrogens (tertiary/aromatic N) is 1. The number of halogens is 2. The number of alkyl halides is 2. The summed E-state index contributed by atoms with van der Waals surface area (Å²) in [5.41, 5.74) is 3.00. The molecule has 0 radical (unpaired) electrons. The summed E-state index contributed by atoms with van der Waals surface area (Å²) in [6.07, 6.45) is -2.42. The van der Waals surface area contributed by atoms with Crippen molar-refractivity contribution in [2.24, 2.45) is 0 Å². The fraction of sp³-hybridized carbons (Fsp3) is 0.250. The first-order valence-corrected chi connectivity index (χ1v) is 6.44. The fourth-order valence-electron chi connectivity index (χ4n) is 1.92. The summed E-state index contributed by atoms with van der Waals surface area (Å²) in [6, 6.07) is 14.5. The van der Waals surface area contributed by atoms with Crippen molar-refractivity contribution < 1.29 is 8.78 Å². The van der Waals surface area contributed by atoms with Crippen LogP contribution in [0.1, 0.15) is 17.6 Å². The van der Waals surface area contributed by atoms with Crippen molar-refractivity contribution in [3.05, 3.63) is 59.7 Å². The third-order valence-corrected chi connectivity index (χ3v) is 3.08. The van der Waals surface area contributed by atoms with Crippen LogP contribution in [0.3, 0.4) is 0 Å². The second kappa shape index (κ2) is 6.37. The van der Waals surface area contributed by atoms with Gasteiger partial charge < -0.3 is 10.2 Å². The molecule has 0 amide bonds. The van der Waals surface area contributed by atoms with Crippen LogP contribution in [0.5, 0.6) is 0 Å². The molecular weight excluding hydrogens is 258 g/mol. The minimum Gasteiger partial charge on any atom is -0.381 e. The van der Waals surface area contributed by atoms with Gasteiger partial charge in [0, 0.05) is 37.6 Å². The molecule has 2 rings (SSSR count). The average Bonchev–Trinajstić information content (AvgIpc) is 2.46. The zero-order chi connectivity index (χ0) is 14.5. The van der Waals surface area contributed by atoms with Gasteiger partial charge in [0.15, 0.2) is 0 Å². The highest BCUT2D eigenvalue weighted by Crippen LogP contribution is 2.20. The van der Waals surface area contributed by atoms with Crippen molar-refractivity contribution in [2.75, 3.05) is 24.3 Å². The smallest absolute Gasteiger partial charge is 0.263 e. The Bertz CT molecular complexity index is 551. The summed E-state index contributed by atoms with van der Waals surface area (Å²) in [6.45, 7) is 0.530. The molecule has 0 aliphatic heterocycles. The van der Waals surface area contributed by atoms with Gasteiger partial charge in [-0.25, -0.2) is 8.78 Å². The van der Waals surface area contributed by atoms with E-state index in [1.165, 1.54) is 12.1 Å². The van der Waals surface area contributed by atoms with Crippen molar-refractivity contribution >= 4 is 11.4 Å². The number of hydrogen-bond donors (Lipinski definition) is 1. The van der Waals surface area contributed by atoms with E-state index in [-0.39, 0.29) is 5.56 Å². The molecule has 0 saturated carbocycles. The van der Waals surface area contributed by atoms with E-state index in [1.807, 2.05) is 49.3 Å². The summed E-state index contributed by atoms with van der Waals surface area (Å²) in [7, 11) is 3.97. The van der Waals surface area contributed by atoms with Crippen LogP contribution in [0.15, 0.2) is 48.5 Å². The third-order valence-electron chi connectivity index (χ3n) is 3.08. The molecule has 0 aromatic heterocycles. The minimum absolute atomic E-state index is 0.0623. The lowest BCUT2D eigenvalue weighted by atomic mass is 10.1. The first-order valence-electron chi connectivity index (χ1n) is 6.44. The second-order valence-electron chi connectivity index (χ2n) is 4.84. The number of rotatable bonds is 5. The van der Waals surface area contributed by atoms with Gasteiger partial charge in [-0.15, -0.1) is 0 Å². The summed E-state index contributed by atoms with van der Waals surface area (Å²) >= 11 is 0. The first-order chi connectivity index (χ1) is 9.56. The zero-order valence-corrected chi connectivity index (χ0v) is 11.6. The number of benzene rings is 2. The van der Waals surface area contributed by atoms with Crippen LogP contribution >= 0.6 is 0 Å². The van der Waals surface area contributed by atoms with Crippen LogP contribution < -0.4 is 10.2 Å². The Labute approximate surface area is 118 Å². The highest BCUT2D eigenvalue weighted by atomic mass is 19.3. The second-order valence-corrected chi connectivity index (χ2v) is 4.84. The van der Waals surface area contributed by atoms with Crippen LogP contribution in [0.25, 0.3) is 0 Å². The Hall–Kier alpha value is -2.10. The topological polar surface area (TPSA) is 15.3 Å². The Kier molecular flexibility index (Phi) is 4.56. The molecule has 2 aromatic rings. The first kappa shape index (κ1) is 14.3. The van der Waals surface area contributed by atoms with Crippen LogP contribution in [0, 0.1) is 0 Å².